The normalized spacial score (nSPS) is 15.3. The molecule has 0 radical (unpaired) electrons. The van der Waals surface area contributed by atoms with E-state index < -0.39 is 35.7 Å². The topological polar surface area (TPSA) is 198 Å². The van der Waals surface area contributed by atoms with Gasteiger partial charge in [0.25, 0.3) is 5.91 Å². The predicted octanol–water partition coefficient (Wildman–Crippen LogP) is 3.60. The summed E-state index contributed by atoms with van der Waals surface area (Å²) in [6.45, 7) is 9.94. The molecule has 276 valence electrons. The number of anilines is 1. The van der Waals surface area contributed by atoms with Crippen molar-refractivity contribution in [2.75, 3.05) is 18.4 Å². The van der Waals surface area contributed by atoms with Crippen molar-refractivity contribution in [1.29, 1.82) is 0 Å². The van der Waals surface area contributed by atoms with Crippen LogP contribution in [0.25, 0.3) is 22.4 Å². The van der Waals surface area contributed by atoms with Gasteiger partial charge in [-0.3, -0.25) is 29.0 Å². The van der Waals surface area contributed by atoms with E-state index in [1.165, 1.54) is 11.8 Å². The summed E-state index contributed by atoms with van der Waals surface area (Å²) >= 11 is 0. The molecule has 5 amide bonds. The van der Waals surface area contributed by atoms with Crippen LogP contribution in [0.1, 0.15) is 65.4 Å². The third-order valence-electron chi connectivity index (χ3n) is 9.29. The maximum Gasteiger partial charge on any atom is 0.253 e. The summed E-state index contributed by atoms with van der Waals surface area (Å²) < 4.78 is 0. The first-order valence-corrected chi connectivity index (χ1v) is 17.6. The van der Waals surface area contributed by atoms with Crippen LogP contribution in [0.2, 0.25) is 0 Å². The van der Waals surface area contributed by atoms with Gasteiger partial charge in [-0.1, -0.05) is 75.4 Å². The van der Waals surface area contributed by atoms with Crippen molar-refractivity contribution in [1.82, 2.24) is 20.9 Å². The van der Waals surface area contributed by atoms with Crippen LogP contribution in [0.5, 0.6) is 0 Å². The molecule has 3 aromatic carbocycles. The highest BCUT2D eigenvalue weighted by atomic mass is 16.2. The van der Waals surface area contributed by atoms with Gasteiger partial charge in [-0.2, -0.15) is 0 Å². The highest BCUT2D eigenvalue weighted by Gasteiger charge is 2.26. The molecule has 0 saturated heterocycles. The fraction of sp³-hybridized carbons (Fsp3) is 0.317. The second-order valence-corrected chi connectivity index (χ2v) is 14.5. The minimum atomic E-state index is -1.04. The smallest absolute Gasteiger partial charge is 0.253 e. The predicted molar refractivity (Wildman–Crippen MR) is 205 cm³/mol. The van der Waals surface area contributed by atoms with Gasteiger partial charge in [0, 0.05) is 23.7 Å². The second kappa shape index (κ2) is 16.2. The summed E-state index contributed by atoms with van der Waals surface area (Å²) in [5.74, 6) is -2.59. The van der Waals surface area contributed by atoms with Crippen LogP contribution in [-0.4, -0.2) is 59.7 Å². The molecule has 12 nitrogen and oxygen atoms in total. The molecule has 12 heteroatoms. The van der Waals surface area contributed by atoms with E-state index in [0.717, 1.165) is 11.3 Å². The lowest BCUT2D eigenvalue weighted by molar-refractivity contribution is -0.128. The molecule has 0 fully saturated rings. The monoisotopic (exact) mass is 717 g/mol. The van der Waals surface area contributed by atoms with E-state index in [4.69, 9.17) is 11.5 Å². The van der Waals surface area contributed by atoms with E-state index >= 15 is 0 Å². The van der Waals surface area contributed by atoms with Gasteiger partial charge in [0.15, 0.2) is 0 Å². The number of benzene rings is 3. The number of nitrogens with zero attached hydrogens (tertiary/aromatic N) is 1. The Labute approximate surface area is 309 Å². The molecule has 1 aliphatic rings. The summed E-state index contributed by atoms with van der Waals surface area (Å²) in [6.07, 6.45) is 1.77. The Morgan fingerprint density at radius 2 is 1.66 bits per heavy atom. The van der Waals surface area contributed by atoms with E-state index in [9.17, 15) is 24.0 Å². The largest absolute Gasteiger partial charge is 0.368 e. The minimum absolute atomic E-state index is 0.00404. The number of hydrogen-bond acceptors (Lipinski definition) is 7. The fourth-order valence-corrected chi connectivity index (χ4v) is 6.33. The Hall–Kier alpha value is -5.88. The van der Waals surface area contributed by atoms with Gasteiger partial charge in [0.2, 0.25) is 23.6 Å². The zero-order chi connectivity index (χ0) is 38.4. The summed E-state index contributed by atoms with van der Waals surface area (Å²) in [4.78, 5) is 69.6. The van der Waals surface area contributed by atoms with Crippen LogP contribution in [-0.2, 0) is 37.4 Å². The lowest BCUT2D eigenvalue weighted by Gasteiger charge is -2.23. The molecular formula is C41H47N7O5. The van der Waals surface area contributed by atoms with Gasteiger partial charge in [-0.05, 0) is 77.7 Å². The molecule has 2 heterocycles. The number of aryl methyl sites for hydroxylation is 2. The first kappa shape index (κ1) is 38.4. The van der Waals surface area contributed by atoms with E-state index in [0.29, 0.717) is 44.6 Å². The first-order chi connectivity index (χ1) is 25.1. The van der Waals surface area contributed by atoms with E-state index in [1.54, 1.807) is 12.1 Å². The van der Waals surface area contributed by atoms with Gasteiger partial charge >= 0.3 is 0 Å². The third-order valence-corrected chi connectivity index (χ3v) is 9.29. The maximum absolute atomic E-state index is 14.0. The average Bonchev–Trinajstić information content (AvgIpc) is 3.10. The zero-order valence-corrected chi connectivity index (χ0v) is 30.8. The molecule has 1 aliphatic heterocycles. The SMILES string of the molecule is Cc1cc(-c2ccc(C(C)(C)C)cc2)ncc1C(=O)N[C@@H](CCN)C(=O)Nc1c(C)cc2cc1-c1cccc(c1)CC(=O)NCC(=O)NC(C(N)=O)C2. The van der Waals surface area contributed by atoms with E-state index in [-0.39, 0.29) is 43.7 Å². The number of fused-ring (bicyclic) bond motifs is 5. The van der Waals surface area contributed by atoms with Gasteiger partial charge in [-0.25, -0.2) is 0 Å². The Morgan fingerprint density at radius 3 is 2.32 bits per heavy atom. The molecule has 4 aromatic rings. The molecule has 53 heavy (non-hydrogen) atoms. The Kier molecular flexibility index (Phi) is 11.7. The Balaban J connectivity index is 1.43. The van der Waals surface area contributed by atoms with Crippen molar-refractivity contribution >= 4 is 35.2 Å². The van der Waals surface area contributed by atoms with Gasteiger partial charge < -0.3 is 32.7 Å². The number of nitrogens with one attached hydrogen (secondary N) is 4. The van der Waals surface area contributed by atoms with E-state index in [1.807, 2.05) is 56.3 Å². The minimum Gasteiger partial charge on any atom is -0.368 e. The number of primary amides is 1. The molecule has 5 rings (SSSR count). The first-order valence-electron chi connectivity index (χ1n) is 17.6. The van der Waals surface area contributed by atoms with Gasteiger partial charge in [0.05, 0.1) is 29.9 Å². The van der Waals surface area contributed by atoms with Gasteiger partial charge in [0.1, 0.15) is 12.1 Å². The van der Waals surface area contributed by atoms with E-state index in [2.05, 4.69) is 59.2 Å². The molecule has 2 atom stereocenters. The molecule has 1 unspecified atom stereocenters. The van der Waals surface area contributed by atoms with Crippen molar-refractivity contribution in [2.45, 2.75) is 71.4 Å². The standard InChI is InChI=1S/C41H47N7O5/c1-23-16-33(27-9-11-29(12-10-27)41(3,4)5)44-21-31(23)39(52)47-32(13-14-42)40(53)48-37-24(2)15-26-18-30(37)28-8-6-7-25(17-28)20-35(49)45-22-36(50)46-34(19-26)38(43)51/h6-12,15-18,21,32,34H,13-14,19-20,22,42H2,1-5H3,(H2,43,51)(H,45,49)(H,46,50)(H,47,52)(H,48,53)/t32-,34?/m0/s1. The second-order valence-electron chi connectivity index (χ2n) is 14.5. The quantitative estimate of drug-likeness (QED) is 0.160. The number of aromatic nitrogens is 1. The lowest BCUT2D eigenvalue weighted by Crippen LogP contribution is -2.49. The molecule has 8 N–H and O–H groups in total. The molecule has 1 aromatic heterocycles. The Morgan fingerprint density at radius 1 is 0.925 bits per heavy atom. The fourth-order valence-electron chi connectivity index (χ4n) is 6.33. The number of rotatable bonds is 8. The molecule has 0 saturated carbocycles. The van der Waals surface area contributed by atoms with Crippen LogP contribution < -0.4 is 32.7 Å². The molecule has 0 spiro atoms. The molecule has 4 bridgehead atoms. The number of hydrogen-bond donors (Lipinski definition) is 6. The van der Waals surface area contributed by atoms with Crippen LogP contribution in [0, 0.1) is 13.8 Å². The van der Waals surface area contributed by atoms with Crippen LogP contribution in [0.3, 0.4) is 0 Å². The lowest BCUT2D eigenvalue weighted by atomic mass is 9.86. The molecular weight excluding hydrogens is 670 g/mol. The Bertz CT molecular complexity index is 2050. The molecule has 0 aliphatic carbocycles. The number of carbonyl (C=O) groups is 5. The third kappa shape index (κ3) is 9.52. The van der Waals surface area contributed by atoms with Crippen molar-refractivity contribution in [2.24, 2.45) is 11.5 Å². The maximum atomic E-state index is 14.0. The summed E-state index contributed by atoms with van der Waals surface area (Å²) in [7, 11) is 0. The summed E-state index contributed by atoms with van der Waals surface area (Å²) in [6, 6.07) is 18.9. The van der Waals surface area contributed by atoms with Crippen molar-refractivity contribution in [3.05, 3.63) is 106 Å². The highest BCUT2D eigenvalue weighted by molar-refractivity contribution is 6.04. The van der Waals surface area contributed by atoms with Crippen molar-refractivity contribution in [3.63, 3.8) is 0 Å². The highest BCUT2D eigenvalue weighted by Crippen LogP contribution is 2.34. The average molecular weight is 718 g/mol. The van der Waals surface area contributed by atoms with Crippen LogP contribution in [0.4, 0.5) is 5.69 Å². The zero-order valence-electron chi connectivity index (χ0n) is 30.8. The number of amides is 5. The van der Waals surface area contributed by atoms with Crippen LogP contribution >= 0.6 is 0 Å². The number of pyridine rings is 1. The van der Waals surface area contributed by atoms with Gasteiger partial charge in [-0.15, -0.1) is 0 Å². The van der Waals surface area contributed by atoms with Crippen molar-refractivity contribution in [3.8, 4) is 22.4 Å². The number of nitrogens with two attached hydrogens (primary N) is 2. The summed E-state index contributed by atoms with van der Waals surface area (Å²) in [5.41, 5.74) is 19.3. The van der Waals surface area contributed by atoms with Crippen molar-refractivity contribution < 1.29 is 24.0 Å². The number of carbonyl (C=O) groups excluding carboxylic acids is 5. The summed E-state index contributed by atoms with van der Waals surface area (Å²) in [5, 5.41) is 11.0. The van der Waals surface area contributed by atoms with Crippen LogP contribution in [0.15, 0.2) is 72.9 Å².